The lowest BCUT2D eigenvalue weighted by Crippen LogP contribution is -2.10. The summed E-state index contributed by atoms with van der Waals surface area (Å²) in [6.07, 6.45) is 2.84. The Balaban J connectivity index is 2.96. The highest BCUT2D eigenvalue weighted by atomic mass is 16.5. The maximum Gasteiger partial charge on any atom is 0.129 e. The van der Waals surface area contributed by atoms with Crippen molar-refractivity contribution in [1.29, 1.82) is 0 Å². The van der Waals surface area contributed by atoms with Crippen LogP contribution in [0.25, 0.3) is 0 Å². The van der Waals surface area contributed by atoms with Crippen molar-refractivity contribution in [3.05, 3.63) is 0 Å². The van der Waals surface area contributed by atoms with Gasteiger partial charge in [0.15, 0.2) is 0 Å². The molecule has 0 amide bonds. The summed E-state index contributed by atoms with van der Waals surface area (Å²) < 4.78 is 10.6. The molecule has 0 atom stereocenters. The van der Waals surface area contributed by atoms with E-state index >= 15 is 0 Å². The van der Waals surface area contributed by atoms with Crippen LogP contribution in [0.1, 0.15) is 40.0 Å². The number of rotatable bonds is 9. The van der Waals surface area contributed by atoms with Gasteiger partial charge in [0.05, 0.1) is 19.3 Å². The summed E-state index contributed by atoms with van der Waals surface area (Å²) in [6.45, 7) is 7.68. The van der Waals surface area contributed by atoms with Gasteiger partial charge in [-0.1, -0.05) is 0 Å². The molecule has 0 aromatic carbocycles. The summed E-state index contributed by atoms with van der Waals surface area (Å²) in [7, 11) is 0. The zero-order chi connectivity index (χ0) is 10.8. The number of hydrogen-bond acceptors (Lipinski definition) is 3. The molecule has 0 unspecified atom stereocenters. The minimum absolute atomic E-state index is 0.258. The number of ketones is 1. The van der Waals surface area contributed by atoms with Crippen molar-refractivity contribution in [3.63, 3.8) is 0 Å². The molecule has 0 heterocycles. The van der Waals surface area contributed by atoms with Crippen LogP contribution in [0.5, 0.6) is 0 Å². The predicted molar refractivity (Wildman–Crippen MR) is 56.4 cm³/mol. The number of unbranched alkanes of at least 4 members (excludes halogenated alkanes) is 1. The van der Waals surface area contributed by atoms with E-state index in [9.17, 15) is 4.79 Å². The molecule has 84 valence electrons. The average Bonchev–Trinajstić information content (AvgIpc) is 2.08. The second-order valence-electron chi connectivity index (χ2n) is 3.69. The topological polar surface area (TPSA) is 35.5 Å². The van der Waals surface area contributed by atoms with Gasteiger partial charge in [0.25, 0.3) is 0 Å². The Bertz CT molecular complexity index is 143. The van der Waals surface area contributed by atoms with E-state index in [0.29, 0.717) is 19.6 Å². The lowest BCUT2D eigenvalue weighted by molar-refractivity contribution is -0.117. The molecule has 3 heteroatoms. The van der Waals surface area contributed by atoms with Gasteiger partial charge in [0.2, 0.25) is 0 Å². The molecule has 0 saturated carbocycles. The Kier molecular flexibility index (Phi) is 8.89. The normalized spacial score (nSPS) is 10.9. The third-order valence-electron chi connectivity index (χ3n) is 1.75. The van der Waals surface area contributed by atoms with Crippen LogP contribution >= 0.6 is 0 Å². The molecule has 0 rings (SSSR count). The van der Waals surface area contributed by atoms with Crippen LogP contribution in [-0.4, -0.2) is 31.7 Å². The maximum atomic E-state index is 10.6. The predicted octanol–water partition coefficient (Wildman–Crippen LogP) is 2.19. The zero-order valence-corrected chi connectivity index (χ0v) is 9.54. The van der Waals surface area contributed by atoms with Crippen LogP contribution in [0.15, 0.2) is 0 Å². The number of hydrogen-bond donors (Lipinski definition) is 0. The Morgan fingerprint density at radius 2 is 1.86 bits per heavy atom. The summed E-state index contributed by atoms with van der Waals surface area (Å²) in [4.78, 5) is 10.6. The number of carbonyl (C=O) groups is 1. The Morgan fingerprint density at radius 3 is 2.43 bits per heavy atom. The standard InChI is InChI=1S/C11H22O3/c1-10(2)14-9-8-13-7-5-4-6-11(3)12/h10H,4-9H2,1-3H3. The second kappa shape index (κ2) is 9.16. The largest absolute Gasteiger partial charge is 0.379 e. The van der Waals surface area contributed by atoms with E-state index in [1.807, 2.05) is 13.8 Å². The van der Waals surface area contributed by atoms with Gasteiger partial charge in [-0.2, -0.15) is 0 Å². The van der Waals surface area contributed by atoms with Gasteiger partial charge in [0, 0.05) is 13.0 Å². The van der Waals surface area contributed by atoms with Crippen molar-refractivity contribution >= 4 is 5.78 Å². The monoisotopic (exact) mass is 202 g/mol. The molecule has 3 nitrogen and oxygen atoms in total. The molecule has 0 N–H and O–H groups in total. The SMILES string of the molecule is CC(=O)CCCCOCCOC(C)C. The van der Waals surface area contributed by atoms with E-state index < -0.39 is 0 Å². The third-order valence-corrected chi connectivity index (χ3v) is 1.75. The number of ether oxygens (including phenoxy) is 2. The van der Waals surface area contributed by atoms with Gasteiger partial charge in [-0.05, 0) is 33.6 Å². The molecule has 0 saturated heterocycles. The molecular weight excluding hydrogens is 180 g/mol. The fourth-order valence-corrected chi connectivity index (χ4v) is 1.02. The highest BCUT2D eigenvalue weighted by molar-refractivity contribution is 5.75. The third kappa shape index (κ3) is 11.6. The Labute approximate surface area is 86.8 Å². The highest BCUT2D eigenvalue weighted by Crippen LogP contribution is 1.96. The first-order valence-electron chi connectivity index (χ1n) is 5.31. The minimum atomic E-state index is 0.258. The molecule has 0 radical (unpaired) electrons. The van der Waals surface area contributed by atoms with Gasteiger partial charge >= 0.3 is 0 Å². The maximum absolute atomic E-state index is 10.6. The molecule has 0 aliphatic heterocycles. The molecule has 0 aliphatic carbocycles. The molecular formula is C11H22O3. The van der Waals surface area contributed by atoms with Crippen LogP contribution in [0, 0.1) is 0 Å². The fourth-order valence-electron chi connectivity index (χ4n) is 1.02. The first-order valence-corrected chi connectivity index (χ1v) is 5.31. The molecule has 14 heavy (non-hydrogen) atoms. The Morgan fingerprint density at radius 1 is 1.14 bits per heavy atom. The van der Waals surface area contributed by atoms with E-state index in [-0.39, 0.29) is 11.9 Å². The van der Waals surface area contributed by atoms with E-state index in [1.54, 1.807) is 6.92 Å². The number of carbonyl (C=O) groups excluding carboxylic acids is 1. The van der Waals surface area contributed by atoms with Crippen LogP contribution in [0.4, 0.5) is 0 Å². The lowest BCUT2D eigenvalue weighted by atomic mass is 10.2. The zero-order valence-electron chi connectivity index (χ0n) is 9.54. The second-order valence-corrected chi connectivity index (χ2v) is 3.69. The summed E-state index contributed by atoms with van der Waals surface area (Å²) in [6, 6.07) is 0. The lowest BCUT2D eigenvalue weighted by Gasteiger charge is -2.07. The van der Waals surface area contributed by atoms with E-state index in [0.717, 1.165) is 19.4 Å². The van der Waals surface area contributed by atoms with Crippen LogP contribution in [0.3, 0.4) is 0 Å². The quantitative estimate of drug-likeness (QED) is 0.538. The first-order chi connectivity index (χ1) is 6.63. The average molecular weight is 202 g/mol. The van der Waals surface area contributed by atoms with E-state index in [4.69, 9.17) is 9.47 Å². The minimum Gasteiger partial charge on any atom is -0.379 e. The van der Waals surface area contributed by atoms with Gasteiger partial charge in [0.1, 0.15) is 5.78 Å². The van der Waals surface area contributed by atoms with E-state index in [2.05, 4.69) is 0 Å². The van der Waals surface area contributed by atoms with Gasteiger partial charge < -0.3 is 14.3 Å². The smallest absolute Gasteiger partial charge is 0.129 e. The first kappa shape index (κ1) is 13.6. The van der Waals surface area contributed by atoms with Crippen molar-refractivity contribution in [2.75, 3.05) is 19.8 Å². The van der Waals surface area contributed by atoms with Crippen molar-refractivity contribution in [2.24, 2.45) is 0 Å². The summed E-state index contributed by atoms with van der Waals surface area (Å²) in [5.74, 6) is 0.258. The summed E-state index contributed by atoms with van der Waals surface area (Å²) in [5.41, 5.74) is 0. The highest BCUT2D eigenvalue weighted by Gasteiger charge is 1.95. The van der Waals surface area contributed by atoms with Crippen molar-refractivity contribution < 1.29 is 14.3 Å². The summed E-state index contributed by atoms with van der Waals surface area (Å²) in [5, 5.41) is 0. The number of Topliss-reactive ketones (excluding diaryl/α,β-unsaturated/α-hetero) is 1. The van der Waals surface area contributed by atoms with Gasteiger partial charge in [-0.25, -0.2) is 0 Å². The van der Waals surface area contributed by atoms with Crippen LogP contribution in [0.2, 0.25) is 0 Å². The fraction of sp³-hybridized carbons (Fsp3) is 0.909. The molecule has 0 aromatic rings. The molecule has 0 spiro atoms. The Hall–Kier alpha value is -0.410. The molecule has 0 fully saturated rings. The molecule has 0 aromatic heterocycles. The van der Waals surface area contributed by atoms with Crippen molar-refractivity contribution in [1.82, 2.24) is 0 Å². The van der Waals surface area contributed by atoms with E-state index in [1.165, 1.54) is 0 Å². The van der Waals surface area contributed by atoms with Crippen LogP contribution < -0.4 is 0 Å². The van der Waals surface area contributed by atoms with Crippen molar-refractivity contribution in [2.45, 2.75) is 46.1 Å². The van der Waals surface area contributed by atoms with Crippen LogP contribution in [-0.2, 0) is 14.3 Å². The molecule has 0 bridgehead atoms. The van der Waals surface area contributed by atoms with Crippen molar-refractivity contribution in [3.8, 4) is 0 Å². The van der Waals surface area contributed by atoms with Gasteiger partial charge in [-0.15, -0.1) is 0 Å². The summed E-state index contributed by atoms with van der Waals surface area (Å²) >= 11 is 0. The van der Waals surface area contributed by atoms with Gasteiger partial charge in [-0.3, -0.25) is 0 Å². The molecule has 0 aliphatic rings.